The molecule has 1 aliphatic heterocycles. The summed E-state index contributed by atoms with van der Waals surface area (Å²) in [4.78, 5) is 27.2. The van der Waals surface area contributed by atoms with Crippen LogP contribution in [0.1, 0.15) is 36.5 Å². The van der Waals surface area contributed by atoms with Crippen molar-refractivity contribution in [2.75, 3.05) is 13.1 Å². The minimum absolute atomic E-state index is 0. The maximum atomic E-state index is 12.9. The van der Waals surface area contributed by atoms with E-state index in [1.54, 1.807) is 11.8 Å². The van der Waals surface area contributed by atoms with Crippen molar-refractivity contribution < 1.29 is 9.59 Å². The van der Waals surface area contributed by atoms with Crippen LogP contribution in [0.4, 0.5) is 0 Å². The highest BCUT2D eigenvalue weighted by Crippen LogP contribution is 2.24. The van der Waals surface area contributed by atoms with Crippen molar-refractivity contribution in [1.82, 2.24) is 10.2 Å². The number of nitrogens with two attached hydrogens (primary N) is 1. The second kappa shape index (κ2) is 9.90. The molecule has 156 valence electrons. The molecule has 2 amide bonds. The highest BCUT2D eigenvalue weighted by atomic mass is 35.5. The summed E-state index contributed by atoms with van der Waals surface area (Å²) in [5.41, 5.74) is 8.40. The summed E-state index contributed by atoms with van der Waals surface area (Å²) in [6.45, 7) is 5.45. The molecule has 0 radical (unpaired) electrons. The van der Waals surface area contributed by atoms with Gasteiger partial charge < -0.3 is 16.0 Å². The van der Waals surface area contributed by atoms with Crippen molar-refractivity contribution in [3.8, 4) is 0 Å². The van der Waals surface area contributed by atoms with Crippen LogP contribution in [0, 0.1) is 12.8 Å². The van der Waals surface area contributed by atoms with E-state index in [1.807, 2.05) is 61.5 Å². The maximum absolute atomic E-state index is 12.9. The van der Waals surface area contributed by atoms with Crippen molar-refractivity contribution in [3.63, 3.8) is 0 Å². The first kappa shape index (κ1) is 22.9. The Balaban J connectivity index is 0.00000300. The van der Waals surface area contributed by atoms with E-state index in [0.717, 1.165) is 11.1 Å². The molecular formula is C23H30ClN3O2. The van der Waals surface area contributed by atoms with Crippen molar-refractivity contribution in [1.29, 1.82) is 0 Å². The molecule has 2 aromatic carbocycles. The average molecular weight is 416 g/mol. The fourth-order valence-corrected chi connectivity index (χ4v) is 3.62. The molecular weight excluding hydrogens is 386 g/mol. The first-order valence-corrected chi connectivity index (χ1v) is 9.85. The third-order valence-corrected chi connectivity index (χ3v) is 5.56. The van der Waals surface area contributed by atoms with Crippen LogP contribution in [-0.4, -0.2) is 29.8 Å². The Kier molecular flexibility index (Phi) is 7.82. The summed E-state index contributed by atoms with van der Waals surface area (Å²) in [6.07, 6.45) is 1.33. The Bertz CT molecular complexity index is 814. The summed E-state index contributed by atoms with van der Waals surface area (Å²) >= 11 is 0. The number of piperidine rings is 1. The topological polar surface area (TPSA) is 75.4 Å². The summed E-state index contributed by atoms with van der Waals surface area (Å²) in [5.74, 6) is -0.0845. The van der Waals surface area contributed by atoms with Gasteiger partial charge in [-0.3, -0.25) is 9.59 Å². The molecule has 1 fully saturated rings. The molecule has 1 saturated heterocycles. The standard InChI is InChI=1S/C23H29N3O2.ClH/c1-17-8-10-18(11-9-17)16-25-21(27)19-12-14-26(15-13-19)22(28)23(2,24)20-6-4-3-5-7-20;/h3-11,19H,12-16,24H2,1-2H3,(H,25,27);1H. The van der Waals surface area contributed by atoms with Crippen LogP contribution in [0.3, 0.4) is 0 Å². The first-order valence-electron chi connectivity index (χ1n) is 9.85. The summed E-state index contributed by atoms with van der Waals surface area (Å²) in [7, 11) is 0. The number of carbonyl (C=O) groups excluding carboxylic acids is 2. The Morgan fingerprint density at radius 2 is 1.66 bits per heavy atom. The zero-order valence-corrected chi connectivity index (χ0v) is 17.9. The highest BCUT2D eigenvalue weighted by molar-refractivity contribution is 5.87. The Morgan fingerprint density at radius 1 is 1.07 bits per heavy atom. The van der Waals surface area contributed by atoms with Gasteiger partial charge in [-0.1, -0.05) is 60.2 Å². The Hall–Kier alpha value is -2.37. The third kappa shape index (κ3) is 5.58. The van der Waals surface area contributed by atoms with E-state index in [-0.39, 0.29) is 30.1 Å². The van der Waals surface area contributed by atoms with Gasteiger partial charge in [-0.2, -0.15) is 0 Å². The van der Waals surface area contributed by atoms with E-state index in [0.29, 0.717) is 32.5 Å². The van der Waals surface area contributed by atoms with Crippen LogP contribution < -0.4 is 11.1 Å². The van der Waals surface area contributed by atoms with Gasteiger partial charge >= 0.3 is 0 Å². The fraction of sp³-hybridized carbons (Fsp3) is 0.391. The molecule has 0 spiro atoms. The molecule has 29 heavy (non-hydrogen) atoms. The van der Waals surface area contributed by atoms with Crippen molar-refractivity contribution >= 4 is 24.2 Å². The molecule has 0 bridgehead atoms. The van der Waals surface area contributed by atoms with Gasteiger partial charge in [0.15, 0.2) is 0 Å². The fourth-order valence-electron chi connectivity index (χ4n) is 3.62. The van der Waals surface area contributed by atoms with Gasteiger partial charge in [0.2, 0.25) is 11.8 Å². The average Bonchev–Trinajstić information content (AvgIpc) is 2.73. The van der Waals surface area contributed by atoms with Crippen molar-refractivity contribution in [2.24, 2.45) is 11.7 Å². The predicted octanol–water partition coefficient (Wildman–Crippen LogP) is 3.15. The van der Waals surface area contributed by atoms with Gasteiger partial charge in [0, 0.05) is 25.6 Å². The number of amides is 2. The van der Waals surface area contributed by atoms with E-state index < -0.39 is 5.54 Å². The summed E-state index contributed by atoms with van der Waals surface area (Å²) in [6, 6.07) is 17.6. The zero-order chi connectivity index (χ0) is 20.1. The van der Waals surface area contributed by atoms with Crippen LogP contribution in [0.5, 0.6) is 0 Å². The molecule has 1 atom stereocenters. The van der Waals surface area contributed by atoms with Crippen LogP contribution in [0.15, 0.2) is 54.6 Å². The maximum Gasteiger partial charge on any atom is 0.246 e. The van der Waals surface area contributed by atoms with Gasteiger partial charge in [-0.25, -0.2) is 0 Å². The monoisotopic (exact) mass is 415 g/mol. The van der Waals surface area contributed by atoms with Crippen molar-refractivity contribution in [3.05, 3.63) is 71.3 Å². The third-order valence-electron chi connectivity index (χ3n) is 5.56. The lowest BCUT2D eigenvalue weighted by atomic mass is 9.89. The molecule has 2 aromatic rings. The number of nitrogens with zero attached hydrogens (tertiary/aromatic N) is 1. The predicted molar refractivity (Wildman–Crippen MR) is 118 cm³/mol. The molecule has 1 unspecified atom stereocenters. The van der Waals surface area contributed by atoms with Crippen molar-refractivity contribution in [2.45, 2.75) is 38.8 Å². The normalized spacial score (nSPS) is 16.4. The van der Waals surface area contributed by atoms with E-state index >= 15 is 0 Å². The number of hydrogen-bond acceptors (Lipinski definition) is 3. The summed E-state index contributed by atoms with van der Waals surface area (Å²) < 4.78 is 0. The molecule has 3 N–H and O–H groups in total. The Labute approximate surface area is 179 Å². The second-order valence-corrected chi connectivity index (χ2v) is 7.84. The molecule has 5 nitrogen and oxygen atoms in total. The minimum atomic E-state index is -1.05. The van der Waals surface area contributed by atoms with Gasteiger partial charge in [0.1, 0.15) is 5.54 Å². The van der Waals surface area contributed by atoms with E-state index in [9.17, 15) is 9.59 Å². The number of aryl methyl sites for hydroxylation is 1. The number of likely N-dealkylation sites (tertiary alicyclic amines) is 1. The largest absolute Gasteiger partial charge is 0.352 e. The molecule has 1 aliphatic rings. The number of nitrogens with one attached hydrogen (secondary N) is 1. The lowest BCUT2D eigenvalue weighted by Gasteiger charge is -2.36. The van der Waals surface area contributed by atoms with E-state index in [1.165, 1.54) is 5.56 Å². The first-order chi connectivity index (χ1) is 13.4. The zero-order valence-electron chi connectivity index (χ0n) is 17.1. The molecule has 0 aromatic heterocycles. The molecule has 6 heteroatoms. The molecule has 1 heterocycles. The molecule has 3 rings (SSSR count). The second-order valence-electron chi connectivity index (χ2n) is 7.84. The van der Waals surface area contributed by atoms with Gasteiger partial charge in [0.25, 0.3) is 0 Å². The number of halogens is 1. The lowest BCUT2D eigenvalue weighted by Crippen LogP contribution is -2.53. The van der Waals surface area contributed by atoms with Crippen LogP contribution in [0.2, 0.25) is 0 Å². The van der Waals surface area contributed by atoms with Crippen LogP contribution >= 0.6 is 12.4 Å². The minimum Gasteiger partial charge on any atom is -0.352 e. The number of hydrogen-bond donors (Lipinski definition) is 2. The SMILES string of the molecule is Cc1ccc(CNC(=O)C2CCN(C(=O)C(C)(N)c3ccccc3)CC2)cc1.Cl. The van der Waals surface area contributed by atoms with Gasteiger partial charge in [0.05, 0.1) is 0 Å². The van der Waals surface area contributed by atoms with E-state index in [4.69, 9.17) is 5.73 Å². The molecule has 0 aliphatic carbocycles. The lowest BCUT2D eigenvalue weighted by molar-refractivity contribution is -0.140. The van der Waals surface area contributed by atoms with Crippen LogP contribution in [0.25, 0.3) is 0 Å². The Morgan fingerprint density at radius 3 is 2.24 bits per heavy atom. The quantitative estimate of drug-likeness (QED) is 0.787. The van der Waals surface area contributed by atoms with Crippen LogP contribution in [-0.2, 0) is 21.7 Å². The van der Waals surface area contributed by atoms with Gasteiger partial charge in [-0.05, 0) is 37.8 Å². The number of rotatable bonds is 5. The highest BCUT2D eigenvalue weighted by Gasteiger charge is 2.36. The number of carbonyl (C=O) groups is 2. The number of benzene rings is 2. The van der Waals surface area contributed by atoms with Gasteiger partial charge in [-0.15, -0.1) is 12.4 Å². The summed E-state index contributed by atoms with van der Waals surface area (Å²) in [5, 5.41) is 3.02. The van der Waals surface area contributed by atoms with E-state index in [2.05, 4.69) is 5.32 Å². The molecule has 0 saturated carbocycles. The smallest absolute Gasteiger partial charge is 0.246 e.